The molecule has 1 aliphatic carbocycles. The average molecular weight is 174 g/mol. The lowest BCUT2D eigenvalue weighted by Gasteiger charge is -2.20. The van der Waals surface area contributed by atoms with Crippen LogP contribution in [0.15, 0.2) is 0 Å². The van der Waals surface area contributed by atoms with E-state index in [9.17, 15) is 9.90 Å². The number of carbonyl (C=O) groups is 1. The molecule has 11 heavy (non-hydrogen) atoms. The maximum Gasteiger partial charge on any atom is 0.185 e. The summed E-state index contributed by atoms with van der Waals surface area (Å²) >= 11 is 1.24. The van der Waals surface area contributed by atoms with Crippen molar-refractivity contribution >= 4 is 16.9 Å². The third-order valence-corrected chi connectivity index (χ3v) is 3.17. The van der Waals surface area contributed by atoms with Crippen LogP contribution in [0.4, 0.5) is 0 Å². The van der Waals surface area contributed by atoms with Crippen molar-refractivity contribution in [1.29, 1.82) is 0 Å². The zero-order chi connectivity index (χ0) is 8.32. The number of hydrogen-bond donors (Lipinski definition) is 1. The van der Waals surface area contributed by atoms with Crippen LogP contribution in [0.2, 0.25) is 0 Å². The Labute approximate surface area is 71.4 Å². The molecule has 2 nitrogen and oxygen atoms in total. The van der Waals surface area contributed by atoms with Crippen molar-refractivity contribution in [2.45, 2.75) is 38.2 Å². The molecule has 0 aromatic heterocycles. The van der Waals surface area contributed by atoms with Gasteiger partial charge in [-0.2, -0.15) is 0 Å². The van der Waals surface area contributed by atoms with Gasteiger partial charge in [0.15, 0.2) is 5.12 Å². The quantitative estimate of drug-likeness (QED) is 0.690. The summed E-state index contributed by atoms with van der Waals surface area (Å²) in [7, 11) is 0. The van der Waals surface area contributed by atoms with Crippen molar-refractivity contribution in [2.24, 2.45) is 0 Å². The summed E-state index contributed by atoms with van der Waals surface area (Å²) in [6.45, 7) is 1.54. The minimum absolute atomic E-state index is 0.102. The van der Waals surface area contributed by atoms with Gasteiger partial charge < -0.3 is 5.11 Å². The van der Waals surface area contributed by atoms with Gasteiger partial charge in [0.2, 0.25) is 0 Å². The second kappa shape index (κ2) is 3.59. The molecule has 1 N–H and O–H groups in total. The van der Waals surface area contributed by atoms with E-state index in [-0.39, 0.29) is 5.12 Å². The van der Waals surface area contributed by atoms with Gasteiger partial charge in [-0.15, -0.1) is 0 Å². The van der Waals surface area contributed by atoms with Crippen molar-refractivity contribution in [3.63, 3.8) is 0 Å². The topological polar surface area (TPSA) is 37.3 Å². The van der Waals surface area contributed by atoms with Crippen LogP contribution in [-0.2, 0) is 4.79 Å². The van der Waals surface area contributed by atoms with Crippen LogP contribution in [-0.4, -0.2) is 21.6 Å². The minimum Gasteiger partial charge on any atom is -0.389 e. The SMILES string of the molecule is CC(=O)SCC1(O)CCCC1. The Hall–Kier alpha value is -0.0200. The molecule has 0 bridgehead atoms. The van der Waals surface area contributed by atoms with Crippen molar-refractivity contribution in [1.82, 2.24) is 0 Å². The van der Waals surface area contributed by atoms with E-state index in [1.807, 2.05) is 0 Å². The molecular formula is C8H14O2S. The summed E-state index contributed by atoms with van der Waals surface area (Å²) in [4.78, 5) is 10.6. The monoisotopic (exact) mass is 174 g/mol. The van der Waals surface area contributed by atoms with Crippen LogP contribution in [0.3, 0.4) is 0 Å². The van der Waals surface area contributed by atoms with E-state index in [1.165, 1.54) is 11.8 Å². The van der Waals surface area contributed by atoms with Gasteiger partial charge in [0.1, 0.15) is 0 Å². The molecule has 1 rings (SSSR count). The predicted molar refractivity (Wildman–Crippen MR) is 46.6 cm³/mol. The third kappa shape index (κ3) is 2.83. The molecule has 0 saturated heterocycles. The summed E-state index contributed by atoms with van der Waals surface area (Å²) in [5, 5.41) is 9.87. The van der Waals surface area contributed by atoms with E-state index < -0.39 is 5.60 Å². The molecule has 0 unspecified atom stereocenters. The van der Waals surface area contributed by atoms with E-state index in [1.54, 1.807) is 6.92 Å². The minimum atomic E-state index is -0.531. The van der Waals surface area contributed by atoms with Crippen LogP contribution in [0, 0.1) is 0 Å². The fraction of sp³-hybridized carbons (Fsp3) is 0.875. The first-order chi connectivity index (χ1) is 5.12. The second-order valence-electron chi connectivity index (χ2n) is 3.21. The summed E-state index contributed by atoms with van der Waals surface area (Å²) in [6.07, 6.45) is 3.95. The molecule has 1 fully saturated rings. The number of hydrogen-bond acceptors (Lipinski definition) is 3. The maximum atomic E-state index is 10.6. The van der Waals surface area contributed by atoms with Crippen LogP contribution >= 0.6 is 11.8 Å². The van der Waals surface area contributed by atoms with E-state index in [0.717, 1.165) is 25.7 Å². The lowest BCUT2D eigenvalue weighted by Crippen LogP contribution is -2.27. The highest BCUT2D eigenvalue weighted by molar-refractivity contribution is 8.13. The summed E-state index contributed by atoms with van der Waals surface area (Å²) in [6, 6.07) is 0. The molecule has 0 aliphatic heterocycles. The summed E-state index contributed by atoms with van der Waals surface area (Å²) < 4.78 is 0. The number of rotatable bonds is 2. The number of carbonyl (C=O) groups excluding carboxylic acids is 1. The molecule has 0 aromatic carbocycles. The largest absolute Gasteiger partial charge is 0.389 e. The Morgan fingerprint density at radius 1 is 1.55 bits per heavy atom. The Balaban J connectivity index is 2.28. The van der Waals surface area contributed by atoms with Gasteiger partial charge in [0, 0.05) is 12.7 Å². The molecule has 1 saturated carbocycles. The highest BCUT2D eigenvalue weighted by Gasteiger charge is 2.31. The van der Waals surface area contributed by atoms with Gasteiger partial charge in [0.25, 0.3) is 0 Å². The Kier molecular flexibility index (Phi) is 2.96. The normalized spacial score (nSPS) is 22.0. The van der Waals surface area contributed by atoms with Crippen molar-refractivity contribution in [2.75, 3.05) is 5.75 Å². The van der Waals surface area contributed by atoms with E-state index in [2.05, 4.69) is 0 Å². The summed E-state index contributed by atoms with van der Waals surface area (Å²) in [5.41, 5.74) is -0.531. The average Bonchev–Trinajstić information content (AvgIpc) is 2.33. The van der Waals surface area contributed by atoms with Crippen LogP contribution in [0.25, 0.3) is 0 Å². The van der Waals surface area contributed by atoms with Gasteiger partial charge >= 0.3 is 0 Å². The Morgan fingerprint density at radius 2 is 2.09 bits per heavy atom. The Bertz CT molecular complexity index is 150. The van der Waals surface area contributed by atoms with Crippen molar-refractivity contribution in [3.05, 3.63) is 0 Å². The molecule has 1 aliphatic rings. The van der Waals surface area contributed by atoms with Gasteiger partial charge in [-0.3, -0.25) is 4.79 Å². The highest BCUT2D eigenvalue weighted by atomic mass is 32.2. The molecular weight excluding hydrogens is 160 g/mol. The molecule has 0 amide bonds. The smallest absolute Gasteiger partial charge is 0.185 e. The number of thioether (sulfide) groups is 1. The van der Waals surface area contributed by atoms with E-state index in [4.69, 9.17) is 0 Å². The molecule has 3 heteroatoms. The second-order valence-corrected chi connectivity index (χ2v) is 4.36. The molecule has 0 aromatic rings. The van der Waals surface area contributed by atoms with Crippen LogP contribution in [0.5, 0.6) is 0 Å². The first-order valence-corrected chi connectivity index (χ1v) is 4.97. The first kappa shape index (κ1) is 9.07. The lowest BCUT2D eigenvalue weighted by molar-refractivity contribution is -0.109. The standard InChI is InChI=1S/C8H14O2S/c1-7(9)11-6-8(10)4-2-3-5-8/h10H,2-6H2,1H3. The van der Waals surface area contributed by atoms with Gasteiger partial charge in [-0.25, -0.2) is 0 Å². The van der Waals surface area contributed by atoms with Gasteiger partial charge in [0.05, 0.1) is 5.60 Å². The summed E-state index contributed by atoms with van der Waals surface area (Å²) in [5.74, 6) is 0.586. The zero-order valence-electron chi connectivity index (χ0n) is 6.80. The van der Waals surface area contributed by atoms with Gasteiger partial charge in [-0.1, -0.05) is 24.6 Å². The zero-order valence-corrected chi connectivity index (χ0v) is 7.62. The number of aliphatic hydroxyl groups is 1. The molecule has 0 radical (unpaired) electrons. The molecule has 0 heterocycles. The van der Waals surface area contributed by atoms with Crippen molar-refractivity contribution < 1.29 is 9.90 Å². The highest BCUT2D eigenvalue weighted by Crippen LogP contribution is 2.32. The Morgan fingerprint density at radius 3 is 2.55 bits per heavy atom. The van der Waals surface area contributed by atoms with Crippen molar-refractivity contribution in [3.8, 4) is 0 Å². The fourth-order valence-electron chi connectivity index (χ4n) is 1.41. The molecule has 0 atom stereocenters. The van der Waals surface area contributed by atoms with Gasteiger partial charge in [-0.05, 0) is 12.8 Å². The lowest BCUT2D eigenvalue weighted by atomic mass is 10.1. The fourth-order valence-corrected chi connectivity index (χ4v) is 2.17. The van der Waals surface area contributed by atoms with E-state index in [0.29, 0.717) is 5.75 Å². The predicted octanol–water partition coefficient (Wildman–Crippen LogP) is 1.57. The molecule has 0 spiro atoms. The van der Waals surface area contributed by atoms with E-state index >= 15 is 0 Å². The molecule has 64 valence electrons. The maximum absolute atomic E-state index is 10.6. The van der Waals surface area contributed by atoms with Crippen LogP contribution < -0.4 is 0 Å². The van der Waals surface area contributed by atoms with Crippen LogP contribution in [0.1, 0.15) is 32.6 Å². The third-order valence-electron chi connectivity index (χ3n) is 2.08. The first-order valence-electron chi connectivity index (χ1n) is 3.98.